The van der Waals surface area contributed by atoms with E-state index in [0.717, 1.165) is 12.8 Å². The lowest BCUT2D eigenvalue weighted by Crippen LogP contribution is -2.08. The fourth-order valence-corrected chi connectivity index (χ4v) is 1.03. The highest BCUT2D eigenvalue weighted by Crippen LogP contribution is 2.05. The lowest BCUT2D eigenvalue weighted by molar-refractivity contribution is 0.0518. The van der Waals surface area contributed by atoms with Crippen molar-refractivity contribution in [1.29, 1.82) is 0 Å². The fourth-order valence-electron chi connectivity index (χ4n) is 1.03. The van der Waals surface area contributed by atoms with E-state index in [1.54, 1.807) is 6.92 Å². The number of H-pyrrole nitrogens is 1. The zero-order valence-corrected chi connectivity index (χ0v) is 7.83. The highest BCUT2D eigenvalue weighted by Gasteiger charge is 2.16. The molecule has 0 unspecified atom stereocenters. The van der Waals surface area contributed by atoms with E-state index in [9.17, 15) is 4.79 Å². The van der Waals surface area contributed by atoms with Gasteiger partial charge in [0.15, 0.2) is 5.69 Å². The number of aromatic amines is 1. The van der Waals surface area contributed by atoms with Gasteiger partial charge in [-0.25, -0.2) is 4.79 Å². The predicted octanol–water partition coefficient (Wildman–Crippen LogP) is 0.934. The van der Waals surface area contributed by atoms with Crippen LogP contribution in [-0.2, 0) is 11.2 Å². The number of rotatable bonds is 4. The summed E-state index contributed by atoms with van der Waals surface area (Å²) in [6.07, 6.45) is 1.67. The molecule has 0 aromatic carbocycles. The van der Waals surface area contributed by atoms with Crippen molar-refractivity contribution in [2.24, 2.45) is 0 Å². The molecule has 1 aromatic heterocycles. The normalized spacial score (nSPS) is 10.0. The molecule has 0 fully saturated rings. The van der Waals surface area contributed by atoms with E-state index in [0.29, 0.717) is 18.0 Å². The Labute approximate surface area is 76.5 Å². The van der Waals surface area contributed by atoms with E-state index in [-0.39, 0.29) is 0 Å². The van der Waals surface area contributed by atoms with E-state index in [1.807, 2.05) is 6.92 Å². The largest absolute Gasteiger partial charge is 0.461 e. The molecule has 0 spiro atoms. The number of carbonyl (C=O) groups is 1. The van der Waals surface area contributed by atoms with Crippen LogP contribution >= 0.6 is 0 Å². The van der Waals surface area contributed by atoms with Crippen LogP contribution in [0.1, 0.15) is 36.5 Å². The molecule has 0 bridgehead atoms. The molecular weight excluding hydrogens is 170 g/mol. The summed E-state index contributed by atoms with van der Waals surface area (Å²) in [6.45, 7) is 4.14. The van der Waals surface area contributed by atoms with Gasteiger partial charge >= 0.3 is 5.97 Å². The van der Waals surface area contributed by atoms with Crippen LogP contribution in [0.3, 0.4) is 0 Å². The van der Waals surface area contributed by atoms with Gasteiger partial charge in [0.25, 0.3) is 0 Å². The molecule has 1 N–H and O–H groups in total. The smallest absolute Gasteiger partial charge is 0.360 e. The standard InChI is InChI=1S/C8H13N3O2/c1-3-5-6-7(10-11-9-6)8(12)13-4-2/h3-5H2,1-2H3,(H,9,10,11). The van der Waals surface area contributed by atoms with Crippen LogP contribution in [0.25, 0.3) is 0 Å². The van der Waals surface area contributed by atoms with Crippen LogP contribution in [0.5, 0.6) is 0 Å². The molecule has 0 atom stereocenters. The van der Waals surface area contributed by atoms with Gasteiger partial charge in [-0.1, -0.05) is 13.3 Å². The van der Waals surface area contributed by atoms with Gasteiger partial charge in [0.2, 0.25) is 0 Å². The highest BCUT2D eigenvalue weighted by atomic mass is 16.5. The van der Waals surface area contributed by atoms with Gasteiger partial charge in [0, 0.05) is 0 Å². The van der Waals surface area contributed by atoms with Gasteiger partial charge in [-0.05, 0) is 13.3 Å². The van der Waals surface area contributed by atoms with Crippen molar-refractivity contribution in [3.8, 4) is 0 Å². The van der Waals surface area contributed by atoms with Crippen LogP contribution in [-0.4, -0.2) is 28.0 Å². The Balaban J connectivity index is 2.74. The second kappa shape index (κ2) is 4.59. The van der Waals surface area contributed by atoms with Crippen LogP contribution < -0.4 is 0 Å². The zero-order chi connectivity index (χ0) is 9.68. The van der Waals surface area contributed by atoms with Gasteiger partial charge in [-0.15, -0.1) is 5.10 Å². The van der Waals surface area contributed by atoms with Crippen molar-refractivity contribution in [2.75, 3.05) is 6.61 Å². The summed E-state index contributed by atoms with van der Waals surface area (Å²) < 4.78 is 4.81. The van der Waals surface area contributed by atoms with Gasteiger partial charge in [0.05, 0.1) is 12.3 Å². The number of nitrogens with one attached hydrogen (secondary N) is 1. The van der Waals surface area contributed by atoms with Crippen LogP contribution in [0.4, 0.5) is 0 Å². The quantitative estimate of drug-likeness (QED) is 0.705. The average molecular weight is 183 g/mol. The first-order valence-electron chi connectivity index (χ1n) is 4.36. The number of aromatic nitrogens is 3. The summed E-state index contributed by atoms with van der Waals surface area (Å²) in [5, 5.41) is 10.0. The van der Waals surface area contributed by atoms with Gasteiger partial charge < -0.3 is 4.74 Å². The molecule has 5 heteroatoms. The number of hydrogen-bond acceptors (Lipinski definition) is 4. The maximum Gasteiger partial charge on any atom is 0.360 e. The highest BCUT2D eigenvalue weighted by molar-refractivity contribution is 5.88. The second-order valence-electron chi connectivity index (χ2n) is 2.59. The van der Waals surface area contributed by atoms with Gasteiger partial charge in [-0.3, -0.25) is 0 Å². The first kappa shape index (κ1) is 9.70. The van der Waals surface area contributed by atoms with Gasteiger partial charge in [-0.2, -0.15) is 10.3 Å². The van der Waals surface area contributed by atoms with E-state index >= 15 is 0 Å². The number of aryl methyl sites for hydroxylation is 1. The van der Waals surface area contributed by atoms with Crippen LogP contribution in [0.2, 0.25) is 0 Å². The SMILES string of the molecule is CCCc1n[nH]nc1C(=O)OCC. The summed E-state index contributed by atoms with van der Waals surface area (Å²) in [5.74, 6) is -0.403. The summed E-state index contributed by atoms with van der Waals surface area (Å²) in [4.78, 5) is 11.3. The first-order chi connectivity index (χ1) is 6.29. The molecule has 0 aliphatic heterocycles. The van der Waals surface area contributed by atoms with Crippen molar-refractivity contribution in [3.63, 3.8) is 0 Å². The van der Waals surface area contributed by atoms with E-state index in [2.05, 4.69) is 15.4 Å². The Morgan fingerprint density at radius 2 is 2.23 bits per heavy atom. The maximum absolute atomic E-state index is 11.3. The van der Waals surface area contributed by atoms with E-state index in [1.165, 1.54) is 0 Å². The minimum atomic E-state index is -0.403. The van der Waals surface area contributed by atoms with Crippen molar-refractivity contribution in [1.82, 2.24) is 15.4 Å². The Kier molecular flexibility index (Phi) is 3.42. The fraction of sp³-hybridized carbons (Fsp3) is 0.625. The molecule has 0 saturated heterocycles. The lowest BCUT2D eigenvalue weighted by Gasteiger charge is -1.98. The Morgan fingerprint density at radius 1 is 1.46 bits per heavy atom. The Hall–Kier alpha value is -1.39. The molecule has 5 nitrogen and oxygen atoms in total. The van der Waals surface area contributed by atoms with Crippen molar-refractivity contribution in [2.45, 2.75) is 26.7 Å². The molecule has 72 valence electrons. The molecule has 0 saturated carbocycles. The number of nitrogens with zero attached hydrogens (tertiary/aromatic N) is 2. The average Bonchev–Trinajstić information content (AvgIpc) is 2.54. The van der Waals surface area contributed by atoms with Crippen LogP contribution in [0.15, 0.2) is 0 Å². The van der Waals surface area contributed by atoms with Crippen molar-refractivity contribution in [3.05, 3.63) is 11.4 Å². The summed E-state index contributed by atoms with van der Waals surface area (Å²) in [5.41, 5.74) is 0.990. The molecule has 1 rings (SSSR count). The number of ether oxygens (including phenoxy) is 1. The summed E-state index contributed by atoms with van der Waals surface area (Å²) >= 11 is 0. The second-order valence-corrected chi connectivity index (χ2v) is 2.59. The number of esters is 1. The molecule has 0 amide bonds. The van der Waals surface area contributed by atoms with E-state index < -0.39 is 5.97 Å². The monoisotopic (exact) mass is 183 g/mol. The third-order valence-electron chi connectivity index (χ3n) is 1.58. The predicted molar refractivity (Wildman–Crippen MR) is 46.3 cm³/mol. The molecule has 0 aliphatic rings. The number of carbonyl (C=O) groups excluding carboxylic acids is 1. The van der Waals surface area contributed by atoms with E-state index in [4.69, 9.17) is 4.74 Å². The molecule has 13 heavy (non-hydrogen) atoms. The van der Waals surface area contributed by atoms with Crippen molar-refractivity contribution < 1.29 is 9.53 Å². The number of hydrogen-bond donors (Lipinski definition) is 1. The molecular formula is C8H13N3O2. The third kappa shape index (κ3) is 2.27. The summed E-state index contributed by atoms with van der Waals surface area (Å²) in [7, 11) is 0. The summed E-state index contributed by atoms with van der Waals surface area (Å²) in [6, 6.07) is 0. The topological polar surface area (TPSA) is 67.9 Å². The van der Waals surface area contributed by atoms with Crippen molar-refractivity contribution >= 4 is 5.97 Å². The minimum absolute atomic E-state index is 0.309. The molecule has 1 aromatic rings. The van der Waals surface area contributed by atoms with Crippen LogP contribution in [0, 0.1) is 0 Å². The minimum Gasteiger partial charge on any atom is -0.461 e. The maximum atomic E-state index is 11.3. The Morgan fingerprint density at radius 3 is 2.85 bits per heavy atom. The van der Waals surface area contributed by atoms with Gasteiger partial charge in [0.1, 0.15) is 0 Å². The molecule has 0 aliphatic carbocycles. The Bertz CT molecular complexity index is 283. The lowest BCUT2D eigenvalue weighted by atomic mass is 10.2. The molecule has 0 radical (unpaired) electrons. The third-order valence-corrected chi connectivity index (χ3v) is 1.58. The first-order valence-corrected chi connectivity index (χ1v) is 4.36. The molecule has 1 heterocycles. The zero-order valence-electron chi connectivity index (χ0n) is 7.83.